The summed E-state index contributed by atoms with van der Waals surface area (Å²) in [7, 11) is 0. The number of aryl methyl sites for hydroxylation is 3. The molecule has 5 nitrogen and oxygen atoms in total. The summed E-state index contributed by atoms with van der Waals surface area (Å²) in [6, 6.07) is 10.3. The molecule has 1 unspecified atom stereocenters. The molecule has 0 radical (unpaired) electrons. The van der Waals surface area contributed by atoms with Crippen molar-refractivity contribution in [3.05, 3.63) is 73.9 Å². The highest BCUT2D eigenvalue weighted by Crippen LogP contribution is 2.33. The molecule has 0 fully saturated rings. The lowest BCUT2D eigenvalue weighted by molar-refractivity contribution is 0.911. The number of aromatic nitrogens is 4. The van der Waals surface area contributed by atoms with Gasteiger partial charge < -0.3 is 9.97 Å². The van der Waals surface area contributed by atoms with Gasteiger partial charge in [-0.1, -0.05) is 42.1 Å². The molecule has 0 saturated heterocycles. The first kappa shape index (κ1) is 19.0. The first-order chi connectivity index (χ1) is 13.4. The molecule has 0 bridgehead atoms. The molecule has 0 amide bonds. The summed E-state index contributed by atoms with van der Waals surface area (Å²) in [4.78, 5) is 30.3. The van der Waals surface area contributed by atoms with Gasteiger partial charge in [0.2, 0.25) is 0 Å². The first-order valence-corrected chi connectivity index (χ1v) is 10.9. The Hall–Kier alpha value is -2.38. The lowest BCUT2D eigenvalue weighted by Gasteiger charge is -2.08. The number of nitrogens with one attached hydrogen (secondary N) is 2. The van der Waals surface area contributed by atoms with Crippen LogP contribution in [0.1, 0.15) is 45.4 Å². The second-order valence-corrected chi connectivity index (χ2v) is 9.48. The minimum atomic E-state index is -0.0605. The first-order valence-electron chi connectivity index (χ1n) is 9.18. The molecular weight excluding hydrogens is 388 g/mol. The van der Waals surface area contributed by atoms with Crippen LogP contribution in [0.3, 0.4) is 0 Å². The second-order valence-electron chi connectivity index (χ2n) is 6.95. The summed E-state index contributed by atoms with van der Waals surface area (Å²) >= 11 is 3.15. The van der Waals surface area contributed by atoms with Crippen LogP contribution >= 0.6 is 23.1 Å². The van der Waals surface area contributed by atoms with E-state index in [0.29, 0.717) is 11.2 Å². The maximum absolute atomic E-state index is 12.5. The molecule has 0 spiro atoms. The van der Waals surface area contributed by atoms with E-state index in [2.05, 4.69) is 22.1 Å². The van der Waals surface area contributed by atoms with Crippen LogP contribution in [-0.4, -0.2) is 19.9 Å². The fourth-order valence-corrected chi connectivity index (χ4v) is 5.14. The van der Waals surface area contributed by atoms with E-state index in [1.54, 1.807) is 23.1 Å². The summed E-state index contributed by atoms with van der Waals surface area (Å²) < 4.78 is 0. The van der Waals surface area contributed by atoms with Crippen LogP contribution in [0.5, 0.6) is 0 Å². The predicted octanol–water partition coefficient (Wildman–Crippen LogP) is 5.08. The molecule has 4 aromatic rings. The molecule has 28 heavy (non-hydrogen) atoms. The lowest BCUT2D eigenvalue weighted by atomic mass is 10.1. The van der Waals surface area contributed by atoms with E-state index in [4.69, 9.17) is 9.97 Å². The Morgan fingerprint density at radius 2 is 1.86 bits per heavy atom. The van der Waals surface area contributed by atoms with Gasteiger partial charge in [-0.25, -0.2) is 9.97 Å². The molecule has 144 valence electrons. The van der Waals surface area contributed by atoms with Gasteiger partial charge in [0.25, 0.3) is 5.56 Å². The fraction of sp³-hybridized carbons (Fsp3) is 0.286. The van der Waals surface area contributed by atoms with Crippen LogP contribution < -0.4 is 5.56 Å². The standard InChI is InChI=1S/C21H22N4OS2/c1-11-13(3)27-20-17(11)19(26)24-18(25-20)14(4)28-21-22-12(2)16(23-21)10-15-8-6-5-7-9-15/h5-9,14H,10H2,1-4H3,(H,22,23)(H,24,25,26). The van der Waals surface area contributed by atoms with Crippen molar-refractivity contribution in [1.82, 2.24) is 19.9 Å². The fourth-order valence-electron chi connectivity index (χ4n) is 3.17. The molecule has 0 aliphatic heterocycles. The largest absolute Gasteiger partial charge is 0.337 e. The van der Waals surface area contributed by atoms with Gasteiger partial charge in [-0.05, 0) is 38.8 Å². The smallest absolute Gasteiger partial charge is 0.259 e. The summed E-state index contributed by atoms with van der Waals surface area (Å²) in [5.74, 6) is 0.683. The Kier molecular flexibility index (Phi) is 5.12. The lowest BCUT2D eigenvalue weighted by Crippen LogP contribution is -2.12. The van der Waals surface area contributed by atoms with Crippen molar-refractivity contribution in [3.8, 4) is 0 Å². The van der Waals surface area contributed by atoms with E-state index in [9.17, 15) is 4.79 Å². The quantitative estimate of drug-likeness (QED) is 0.450. The molecule has 3 heterocycles. The molecule has 3 aromatic heterocycles. The van der Waals surface area contributed by atoms with E-state index in [1.165, 1.54) is 5.56 Å². The van der Waals surface area contributed by atoms with Gasteiger partial charge in [-0.3, -0.25) is 4.79 Å². The third-order valence-electron chi connectivity index (χ3n) is 4.91. The van der Waals surface area contributed by atoms with E-state index in [1.807, 2.05) is 45.9 Å². The number of benzene rings is 1. The number of aromatic amines is 2. The van der Waals surface area contributed by atoms with Crippen molar-refractivity contribution >= 4 is 33.3 Å². The summed E-state index contributed by atoms with van der Waals surface area (Å²) in [5, 5.41) is 1.54. The molecule has 0 saturated carbocycles. The SMILES string of the molecule is Cc1[nH]c(SC(C)c2nc3sc(C)c(C)c3c(=O)[nH]2)nc1Cc1ccccc1. The van der Waals surface area contributed by atoms with Crippen LogP contribution in [0.2, 0.25) is 0 Å². The molecule has 2 N–H and O–H groups in total. The Balaban J connectivity index is 1.57. The molecule has 4 rings (SSSR count). The van der Waals surface area contributed by atoms with Crippen LogP contribution in [0.15, 0.2) is 40.3 Å². The molecule has 0 aliphatic rings. The number of rotatable bonds is 5. The van der Waals surface area contributed by atoms with Crippen molar-refractivity contribution in [2.75, 3.05) is 0 Å². The van der Waals surface area contributed by atoms with Crippen molar-refractivity contribution in [2.24, 2.45) is 0 Å². The van der Waals surface area contributed by atoms with Gasteiger partial charge in [0, 0.05) is 17.0 Å². The van der Waals surface area contributed by atoms with Crippen molar-refractivity contribution in [3.63, 3.8) is 0 Å². The molecule has 7 heteroatoms. The summed E-state index contributed by atoms with van der Waals surface area (Å²) in [6.45, 7) is 8.09. The van der Waals surface area contributed by atoms with E-state index in [0.717, 1.165) is 38.2 Å². The third kappa shape index (κ3) is 3.64. The predicted molar refractivity (Wildman–Crippen MR) is 117 cm³/mol. The Morgan fingerprint density at radius 1 is 1.11 bits per heavy atom. The number of hydrogen-bond donors (Lipinski definition) is 2. The highest BCUT2D eigenvalue weighted by molar-refractivity contribution is 7.99. The second kappa shape index (κ2) is 7.56. The maximum atomic E-state index is 12.5. The van der Waals surface area contributed by atoms with Gasteiger partial charge in [-0.2, -0.15) is 0 Å². The van der Waals surface area contributed by atoms with E-state index >= 15 is 0 Å². The van der Waals surface area contributed by atoms with Crippen molar-refractivity contribution in [1.29, 1.82) is 0 Å². The number of hydrogen-bond acceptors (Lipinski definition) is 5. The number of fused-ring (bicyclic) bond motifs is 1. The Morgan fingerprint density at radius 3 is 2.61 bits per heavy atom. The van der Waals surface area contributed by atoms with E-state index in [-0.39, 0.29) is 10.8 Å². The molecule has 1 aromatic carbocycles. The Labute approximate surface area is 171 Å². The van der Waals surface area contributed by atoms with Gasteiger partial charge in [0.05, 0.1) is 16.3 Å². The van der Waals surface area contributed by atoms with E-state index < -0.39 is 0 Å². The zero-order valence-corrected chi connectivity index (χ0v) is 17.9. The van der Waals surface area contributed by atoms with Gasteiger partial charge >= 0.3 is 0 Å². The minimum Gasteiger partial charge on any atom is -0.337 e. The van der Waals surface area contributed by atoms with Crippen molar-refractivity contribution < 1.29 is 0 Å². The van der Waals surface area contributed by atoms with Gasteiger partial charge in [0.15, 0.2) is 5.16 Å². The molecule has 1 atom stereocenters. The maximum Gasteiger partial charge on any atom is 0.259 e. The van der Waals surface area contributed by atoms with Crippen LogP contribution in [0, 0.1) is 20.8 Å². The highest BCUT2D eigenvalue weighted by Gasteiger charge is 2.18. The van der Waals surface area contributed by atoms with Crippen molar-refractivity contribution in [2.45, 2.75) is 44.5 Å². The van der Waals surface area contributed by atoms with Crippen LogP contribution in [-0.2, 0) is 6.42 Å². The van der Waals surface area contributed by atoms with Crippen LogP contribution in [0.4, 0.5) is 0 Å². The number of nitrogens with zero attached hydrogens (tertiary/aromatic N) is 2. The summed E-state index contributed by atoms with van der Waals surface area (Å²) in [6.07, 6.45) is 0.799. The van der Waals surface area contributed by atoms with Gasteiger partial charge in [0.1, 0.15) is 10.7 Å². The zero-order valence-electron chi connectivity index (χ0n) is 16.3. The molecular formula is C21H22N4OS2. The van der Waals surface area contributed by atoms with Gasteiger partial charge in [-0.15, -0.1) is 11.3 Å². The number of thiophene rings is 1. The van der Waals surface area contributed by atoms with Crippen LogP contribution in [0.25, 0.3) is 10.2 Å². The normalized spacial score (nSPS) is 12.6. The monoisotopic (exact) mass is 410 g/mol. The average molecular weight is 411 g/mol. The topological polar surface area (TPSA) is 74.4 Å². The minimum absolute atomic E-state index is 0.0186. The Bertz CT molecular complexity index is 1190. The third-order valence-corrected chi connectivity index (χ3v) is 7.00. The zero-order chi connectivity index (χ0) is 19.8. The summed E-state index contributed by atoms with van der Waals surface area (Å²) in [5.41, 5.74) is 4.31. The average Bonchev–Trinajstić information content (AvgIpc) is 3.15. The number of thioether (sulfide) groups is 1. The number of H-pyrrole nitrogens is 2. The highest BCUT2D eigenvalue weighted by atomic mass is 32.2. The molecule has 0 aliphatic carbocycles. The number of imidazole rings is 1.